The number of methoxy groups -OCH3 is 2. The number of pyridine rings is 1. The predicted molar refractivity (Wildman–Crippen MR) is 205 cm³/mol. The number of likely N-dealkylation sites (tertiary alicyclic amines) is 1. The molecule has 3 atom stereocenters. The van der Waals surface area contributed by atoms with E-state index in [4.69, 9.17) is 35.3 Å². The summed E-state index contributed by atoms with van der Waals surface area (Å²) in [5, 5.41) is 22.7. The number of anilines is 1. The molecular weight excluding hydrogens is 708 g/mol. The fourth-order valence-electron chi connectivity index (χ4n) is 9.86. The fourth-order valence-corrected chi connectivity index (χ4v) is 9.86. The lowest BCUT2D eigenvalue weighted by molar-refractivity contribution is -0.0429. The highest BCUT2D eigenvalue weighted by molar-refractivity contribution is 6.04. The van der Waals surface area contributed by atoms with Gasteiger partial charge in [0.15, 0.2) is 5.82 Å². The Morgan fingerprint density at radius 2 is 1.82 bits per heavy atom. The van der Waals surface area contributed by atoms with Crippen LogP contribution in [0.5, 0.6) is 17.6 Å². The number of β-amino-alcohol motifs (C(OH)–C–C–N with tert-alkyl or cyclic N) is 1. The molecule has 11 nitrogen and oxygen atoms in total. The number of phenolic OH excluding ortho intramolecular Hbond substituents is 1. The molecule has 4 fully saturated rings. The van der Waals surface area contributed by atoms with Crippen LogP contribution in [-0.4, -0.2) is 108 Å². The molecule has 2 aromatic heterocycles. The van der Waals surface area contributed by atoms with Gasteiger partial charge in [-0.15, -0.1) is 6.42 Å². The number of phenols is 1. The van der Waals surface area contributed by atoms with Crippen molar-refractivity contribution in [3.05, 3.63) is 41.5 Å². The topological polar surface area (TPSA) is 123 Å². The number of piperidine rings is 1. The molecule has 0 amide bonds. The normalized spacial score (nSPS) is 27.5. The molecule has 8 rings (SSSR count). The second-order valence-corrected chi connectivity index (χ2v) is 16.0. The Balaban J connectivity index is 1.24. The summed E-state index contributed by atoms with van der Waals surface area (Å²) in [6.07, 6.45) is 15.8. The zero-order valence-electron chi connectivity index (χ0n) is 31.7. The van der Waals surface area contributed by atoms with Gasteiger partial charge in [-0.3, -0.25) is 4.90 Å². The molecule has 2 aliphatic carbocycles. The molecule has 2 aliphatic heterocycles. The molecule has 2 saturated carbocycles. The van der Waals surface area contributed by atoms with Crippen molar-refractivity contribution in [2.45, 2.75) is 88.5 Å². The lowest BCUT2D eigenvalue weighted by Gasteiger charge is -2.50. The Morgan fingerprint density at radius 1 is 1.02 bits per heavy atom. The molecular formula is C42H49F2N5O6. The molecule has 2 aromatic carbocycles. The first kappa shape index (κ1) is 37.6. The number of nitrogens with zero attached hydrogens (tertiary/aromatic N) is 5. The van der Waals surface area contributed by atoms with E-state index in [0.717, 1.165) is 64.3 Å². The standard InChI is InChI=1S/C42H49F2N5O6/c1-5-29-31(43)14-9-25-20-27(50)21-30(33(25)29)36-35(44)37-34(39(45-36)53-4)38(48-18-19-54-23-41(2,51)22-48)47-40(46-37)55-24-42-15-6-8-32(42)49(17-7-16-42)26-10-12-28(52-3)13-11-26/h1,9,14,20-21,26,28,32,50-51H,6-8,10-13,15-19,22-24H2,2-4H3/t26?,28?,32?,41-,42+/m0/s1. The third-order valence-corrected chi connectivity index (χ3v) is 12.4. The van der Waals surface area contributed by atoms with Crippen LogP contribution in [0.15, 0.2) is 24.3 Å². The van der Waals surface area contributed by atoms with Crippen molar-refractivity contribution < 1.29 is 37.9 Å². The molecule has 0 radical (unpaired) electrons. The van der Waals surface area contributed by atoms with Crippen LogP contribution < -0.4 is 14.4 Å². The number of rotatable bonds is 8. The van der Waals surface area contributed by atoms with Gasteiger partial charge < -0.3 is 34.1 Å². The minimum absolute atomic E-state index is 0.00604. The number of ether oxygens (including phenoxy) is 4. The first-order valence-corrected chi connectivity index (χ1v) is 19.4. The summed E-state index contributed by atoms with van der Waals surface area (Å²) < 4.78 is 56.3. The van der Waals surface area contributed by atoms with Crippen molar-refractivity contribution in [2.24, 2.45) is 5.41 Å². The van der Waals surface area contributed by atoms with Crippen LogP contribution in [0.2, 0.25) is 0 Å². The molecule has 55 heavy (non-hydrogen) atoms. The number of fused-ring (bicyclic) bond motifs is 3. The molecule has 0 bridgehead atoms. The zero-order valence-corrected chi connectivity index (χ0v) is 31.7. The first-order valence-electron chi connectivity index (χ1n) is 19.4. The van der Waals surface area contributed by atoms with Crippen LogP contribution in [0, 0.1) is 29.4 Å². The quantitative estimate of drug-likeness (QED) is 0.195. The third-order valence-electron chi connectivity index (χ3n) is 12.4. The summed E-state index contributed by atoms with van der Waals surface area (Å²) in [4.78, 5) is 18.8. The van der Waals surface area contributed by atoms with Crippen LogP contribution in [0.1, 0.15) is 70.3 Å². The second-order valence-electron chi connectivity index (χ2n) is 16.0. The average Bonchev–Trinajstić information content (AvgIpc) is 3.54. The van der Waals surface area contributed by atoms with Crippen molar-refractivity contribution in [1.82, 2.24) is 19.9 Å². The van der Waals surface area contributed by atoms with E-state index < -0.39 is 17.2 Å². The number of hydrogen-bond donors (Lipinski definition) is 2. The van der Waals surface area contributed by atoms with E-state index >= 15 is 8.78 Å². The minimum atomic E-state index is -1.24. The van der Waals surface area contributed by atoms with Gasteiger partial charge in [-0.1, -0.05) is 18.4 Å². The summed E-state index contributed by atoms with van der Waals surface area (Å²) in [6, 6.07) is 6.27. The van der Waals surface area contributed by atoms with Crippen molar-refractivity contribution in [2.75, 3.05) is 58.6 Å². The lowest BCUT2D eigenvalue weighted by atomic mass is 9.74. The molecule has 2 saturated heterocycles. The van der Waals surface area contributed by atoms with Gasteiger partial charge in [-0.05, 0) is 88.4 Å². The van der Waals surface area contributed by atoms with E-state index in [9.17, 15) is 10.2 Å². The summed E-state index contributed by atoms with van der Waals surface area (Å²) in [6.45, 7) is 3.96. The zero-order chi connectivity index (χ0) is 38.5. The van der Waals surface area contributed by atoms with E-state index in [-0.39, 0.29) is 81.7 Å². The van der Waals surface area contributed by atoms with Gasteiger partial charge in [0, 0.05) is 42.1 Å². The Bertz CT molecular complexity index is 2140. The number of aromatic hydroxyl groups is 1. The summed E-state index contributed by atoms with van der Waals surface area (Å²) >= 11 is 0. The van der Waals surface area contributed by atoms with Gasteiger partial charge in [0.1, 0.15) is 39.6 Å². The highest BCUT2D eigenvalue weighted by Crippen LogP contribution is 2.50. The maximum Gasteiger partial charge on any atom is 0.319 e. The Morgan fingerprint density at radius 3 is 2.58 bits per heavy atom. The van der Waals surface area contributed by atoms with Gasteiger partial charge >= 0.3 is 6.01 Å². The van der Waals surface area contributed by atoms with E-state index in [1.54, 1.807) is 14.0 Å². The monoisotopic (exact) mass is 757 g/mol. The molecule has 4 heterocycles. The maximum absolute atomic E-state index is 17.3. The van der Waals surface area contributed by atoms with E-state index in [1.807, 2.05) is 4.90 Å². The smallest absolute Gasteiger partial charge is 0.319 e. The number of halogens is 2. The summed E-state index contributed by atoms with van der Waals surface area (Å²) in [5.74, 6) is 0.951. The summed E-state index contributed by atoms with van der Waals surface area (Å²) in [5.41, 5.74) is -1.75. The van der Waals surface area contributed by atoms with E-state index in [1.165, 1.54) is 31.4 Å². The molecule has 13 heteroatoms. The maximum atomic E-state index is 17.3. The van der Waals surface area contributed by atoms with Crippen molar-refractivity contribution >= 4 is 27.5 Å². The van der Waals surface area contributed by atoms with Crippen LogP contribution in [0.4, 0.5) is 14.6 Å². The van der Waals surface area contributed by atoms with E-state index in [0.29, 0.717) is 36.7 Å². The minimum Gasteiger partial charge on any atom is -0.508 e. The molecule has 4 aromatic rings. The Labute approximate surface area is 320 Å². The van der Waals surface area contributed by atoms with Crippen LogP contribution >= 0.6 is 0 Å². The molecule has 0 spiro atoms. The van der Waals surface area contributed by atoms with Gasteiger partial charge in [-0.25, -0.2) is 13.8 Å². The molecule has 2 N–H and O–H groups in total. The van der Waals surface area contributed by atoms with Gasteiger partial charge in [0.25, 0.3) is 0 Å². The average molecular weight is 758 g/mol. The highest BCUT2D eigenvalue weighted by atomic mass is 19.1. The second kappa shape index (κ2) is 15.0. The number of hydrogen-bond acceptors (Lipinski definition) is 11. The number of aliphatic hydroxyl groups is 1. The van der Waals surface area contributed by atoms with E-state index in [2.05, 4.69) is 15.8 Å². The van der Waals surface area contributed by atoms with Crippen LogP contribution in [-0.2, 0) is 9.47 Å². The summed E-state index contributed by atoms with van der Waals surface area (Å²) in [7, 11) is 3.21. The van der Waals surface area contributed by atoms with Crippen LogP contribution in [0.25, 0.3) is 32.9 Å². The predicted octanol–water partition coefficient (Wildman–Crippen LogP) is 6.38. The van der Waals surface area contributed by atoms with Crippen LogP contribution in [0.3, 0.4) is 0 Å². The molecule has 292 valence electrons. The Hall–Kier alpha value is -4.35. The first-order chi connectivity index (χ1) is 26.5. The largest absolute Gasteiger partial charge is 0.508 e. The van der Waals surface area contributed by atoms with Gasteiger partial charge in [0.2, 0.25) is 5.88 Å². The third kappa shape index (κ3) is 6.92. The molecule has 4 aliphatic rings. The van der Waals surface area contributed by atoms with Gasteiger partial charge in [0.05, 0.1) is 45.1 Å². The number of terminal acetylenes is 1. The highest BCUT2D eigenvalue weighted by Gasteiger charge is 2.50. The Kier molecular flexibility index (Phi) is 10.2. The van der Waals surface area contributed by atoms with Crippen molar-refractivity contribution in [3.8, 4) is 41.2 Å². The molecule has 1 unspecified atom stereocenters. The fraction of sp³-hybridized carbons (Fsp3) is 0.548. The number of aromatic nitrogens is 3. The van der Waals surface area contributed by atoms with Crippen molar-refractivity contribution in [3.63, 3.8) is 0 Å². The lowest BCUT2D eigenvalue weighted by Crippen LogP contribution is -2.56. The van der Waals surface area contributed by atoms with Gasteiger partial charge in [-0.2, -0.15) is 9.97 Å². The number of benzene rings is 2. The van der Waals surface area contributed by atoms with Crippen molar-refractivity contribution in [1.29, 1.82) is 0 Å². The SMILES string of the molecule is C#Cc1c(F)ccc2cc(O)cc(-c3nc(OC)c4c(N5CCOC[C@@](C)(O)C5)nc(OC[C@]56CCCC5N(C5CCC(OC)CC5)CCC6)nc4c3F)c12.